The first-order valence-corrected chi connectivity index (χ1v) is 10.2. The van der Waals surface area contributed by atoms with Crippen molar-refractivity contribution in [3.05, 3.63) is 92.5 Å². The van der Waals surface area contributed by atoms with Crippen molar-refractivity contribution in [2.75, 3.05) is 6.61 Å². The number of amides is 1. The number of carbonyl (C=O) groups is 1. The van der Waals surface area contributed by atoms with Crippen LogP contribution in [0.4, 0.5) is 5.69 Å². The lowest BCUT2D eigenvalue weighted by atomic mass is 10.1. The Bertz CT molecular complexity index is 1200. The summed E-state index contributed by atoms with van der Waals surface area (Å²) in [6.45, 7) is 2.51. The average molecular weight is 470 g/mol. The Morgan fingerprint density at radius 1 is 1.15 bits per heavy atom. The lowest BCUT2D eigenvalue weighted by molar-refractivity contribution is -0.384. The number of nitro groups is 1. The van der Waals surface area contributed by atoms with Crippen LogP contribution >= 0.6 is 11.6 Å². The highest BCUT2D eigenvalue weighted by Crippen LogP contribution is 2.29. The van der Waals surface area contributed by atoms with Crippen LogP contribution in [0, 0.1) is 10.1 Å². The molecule has 3 rings (SSSR count). The summed E-state index contributed by atoms with van der Waals surface area (Å²) in [5.41, 5.74) is 3.08. The van der Waals surface area contributed by atoms with Crippen molar-refractivity contribution in [2.24, 2.45) is 5.10 Å². The summed E-state index contributed by atoms with van der Waals surface area (Å²) >= 11 is 6.17. The molecule has 9 nitrogen and oxygen atoms in total. The van der Waals surface area contributed by atoms with Gasteiger partial charge in [0.05, 0.1) is 23.3 Å². The number of hydrogen-bond donors (Lipinski definition) is 2. The zero-order valence-corrected chi connectivity index (χ0v) is 18.3. The quantitative estimate of drug-likeness (QED) is 0.266. The van der Waals surface area contributed by atoms with Crippen LogP contribution in [-0.4, -0.2) is 28.8 Å². The summed E-state index contributed by atoms with van der Waals surface area (Å²) in [6, 6.07) is 15.6. The first-order valence-electron chi connectivity index (χ1n) is 9.83. The fraction of sp³-hybridized carbons (Fsp3) is 0.130. The van der Waals surface area contributed by atoms with Crippen LogP contribution in [0.2, 0.25) is 5.02 Å². The zero-order chi connectivity index (χ0) is 23.8. The highest BCUT2D eigenvalue weighted by Gasteiger charge is 2.16. The van der Waals surface area contributed by atoms with E-state index >= 15 is 0 Å². The molecule has 0 heterocycles. The van der Waals surface area contributed by atoms with Crippen molar-refractivity contribution in [3.63, 3.8) is 0 Å². The molecule has 3 aromatic carbocycles. The molecule has 2 N–H and O–H groups in total. The molecule has 0 radical (unpaired) electrons. The Balaban J connectivity index is 1.70. The summed E-state index contributed by atoms with van der Waals surface area (Å²) in [5.74, 6) is -0.195. The fourth-order valence-electron chi connectivity index (χ4n) is 2.81. The Kier molecular flexibility index (Phi) is 7.82. The summed E-state index contributed by atoms with van der Waals surface area (Å²) in [6.07, 6.45) is 1.37. The van der Waals surface area contributed by atoms with Crippen LogP contribution in [-0.2, 0) is 6.61 Å². The van der Waals surface area contributed by atoms with Gasteiger partial charge in [-0.25, -0.2) is 5.43 Å². The van der Waals surface area contributed by atoms with Crippen molar-refractivity contribution in [1.29, 1.82) is 0 Å². The molecule has 0 unspecified atom stereocenters. The van der Waals surface area contributed by atoms with E-state index in [0.717, 1.165) is 23.8 Å². The smallest absolute Gasteiger partial charge is 0.275 e. The number of nitro benzene ring substituents is 1. The minimum atomic E-state index is -0.794. The molecule has 0 saturated carbocycles. The third-order valence-electron chi connectivity index (χ3n) is 4.42. The van der Waals surface area contributed by atoms with Crippen molar-refractivity contribution < 1.29 is 24.3 Å². The molecule has 0 spiro atoms. The van der Waals surface area contributed by atoms with Gasteiger partial charge in [-0.1, -0.05) is 29.8 Å². The van der Waals surface area contributed by atoms with Gasteiger partial charge in [0.2, 0.25) is 0 Å². The van der Waals surface area contributed by atoms with Gasteiger partial charge in [0.1, 0.15) is 12.4 Å². The number of ether oxygens (including phenoxy) is 2. The second kappa shape index (κ2) is 11.0. The third kappa shape index (κ3) is 6.20. The molecule has 10 heteroatoms. The highest BCUT2D eigenvalue weighted by atomic mass is 35.5. The molecular formula is C23H20ClN3O6. The van der Waals surface area contributed by atoms with E-state index < -0.39 is 16.6 Å². The van der Waals surface area contributed by atoms with Gasteiger partial charge in [0.25, 0.3) is 11.6 Å². The molecule has 1 amide bonds. The molecule has 0 fully saturated rings. The van der Waals surface area contributed by atoms with Crippen LogP contribution in [0.15, 0.2) is 65.8 Å². The molecule has 0 aliphatic rings. The van der Waals surface area contributed by atoms with E-state index in [9.17, 15) is 20.0 Å². The summed E-state index contributed by atoms with van der Waals surface area (Å²) < 4.78 is 11.5. The van der Waals surface area contributed by atoms with E-state index in [2.05, 4.69) is 10.5 Å². The topological polar surface area (TPSA) is 123 Å². The lowest BCUT2D eigenvalue weighted by Crippen LogP contribution is -2.18. The first kappa shape index (κ1) is 23.6. The zero-order valence-electron chi connectivity index (χ0n) is 17.5. The molecule has 0 saturated heterocycles. The van der Waals surface area contributed by atoms with Crippen molar-refractivity contribution >= 4 is 29.4 Å². The molecule has 0 aliphatic carbocycles. The van der Waals surface area contributed by atoms with E-state index in [1.807, 2.05) is 25.1 Å². The number of rotatable bonds is 9. The predicted molar refractivity (Wildman–Crippen MR) is 123 cm³/mol. The average Bonchev–Trinajstić information content (AvgIpc) is 2.79. The highest BCUT2D eigenvalue weighted by molar-refractivity contribution is 6.31. The lowest BCUT2D eigenvalue weighted by Gasteiger charge is -2.13. The van der Waals surface area contributed by atoms with Crippen molar-refractivity contribution in [3.8, 4) is 17.2 Å². The molecule has 0 aromatic heterocycles. The number of aromatic hydroxyl groups is 1. The molecular weight excluding hydrogens is 450 g/mol. The number of nitrogens with zero attached hydrogens (tertiary/aromatic N) is 2. The predicted octanol–water partition coefficient (Wildman–Crippen LogP) is 4.70. The SMILES string of the molecule is CCOc1cc(/C=N\NC(=O)c2cc([N+](=O)[O-])ccc2O)ccc1OCc1ccccc1Cl. The van der Waals surface area contributed by atoms with Crippen molar-refractivity contribution in [1.82, 2.24) is 5.43 Å². The largest absolute Gasteiger partial charge is 0.507 e. The molecule has 170 valence electrons. The molecule has 0 atom stereocenters. The molecule has 0 bridgehead atoms. The number of phenolic OH excluding ortho intramolecular Hbond substituents is 1. The summed E-state index contributed by atoms with van der Waals surface area (Å²) in [7, 11) is 0. The number of hydrazone groups is 1. The van der Waals surface area contributed by atoms with Gasteiger partial charge in [-0.05, 0) is 42.8 Å². The number of nitrogens with one attached hydrogen (secondary N) is 1. The van der Waals surface area contributed by atoms with E-state index in [1.165, 1.54) is 6.21 Å². The Hall–Kier alpha value is -4.11. The van der Waals surface area contributed by atoms with Gasteiger partial charge in [-0.2, -0.15) is 5.10 Å². The van der Waals surface area contributed by atoms with Gasteiger partial charge in [-0.15, -0.1) is 0 Å². The maximum atomic E-state index is 12.2. The van der Waals surface area contributed by atoms with Crippen molar-refractivity contribution in [2.45, 2.75) is 13.5 Å². The number of non-ortho nitro benzene ring substituents is 1. The van der Waals surface area contributed by atoms with Gasteiger partial charge in [0.15, 0.2) is 11.5 Å². The van der Waals surface area contributed by atoms with E-state index in [0.29, 0.717) is 28.7 Å². The van der Waals surface area contributed by atoms with Crippen LogP contribution < -0.4 is 14.9 Å². The van der Waals surface area contributed by atoms with E-state index in [-0.39, 0.29) is 17.9 Å². The monoisotopic (exact) mass is 469 g/mol. The second-order valence-corrected chi connectivity index (χ2v) is 7.08. The normalized spacial score (nSPS) is 10.7. The van der Waals surface area contributed by atoms with Crippen LogP contribution in [0.1, 0.15) is 28.4 Å². The fourth-order valence-corrected chi connectivity index (χ4v) is 3.00. The van der Waals surface area contributed by atoms with Crippen LogP contribution in [0.3, 0.4) is 0 Å². The minimum Gasteiger partial charge on any atom is -0.507 e. The maximum absolute atomic E-state index is 12.2. The Labute approximate surface area is 194 Å². The molecule has 3 aromatic rings. The number of benzene rings is 3. The number of halogens is 1. The number of phenols is 1. The van der Waals surface area contributed by atoms with Gasteiger partial charge < -0.3 is 14.6 Å². The summed E-state index contributed by atoms with van der Waals surface area (Å²) in [5, 5.41) is 25.1. The van der Waals surface area contributed by atoms with E-state index in [4.69, 9.17) is 21.1 Å². The minimum absolute atomic E-state index is 0.260. The maximum Gasteiger partial charge on any atom is 0.275 e. The molecule has 33 heavy (non-hydrogen) atoms. The van der Waals surface area contributed by atoms with E-state index in [1.54, 1.807) is 24.3 Å². The number of hydrogen-bond acceptors (Lipinski definition) is 7. The standard InChI is InChI=1S/C23H20ClN3O6/c1-2-32-22-11-15(7-10-21(22)33-14-16-5-3-4-6-19(16)24)13-25-26-23(29)18-12-17(27(30)31)8-9-20(18)28/h3-13,28H,2,14H2,1H3,(H,26,29)/b25-13-. The van der Waals surface area contributed by atoms with Gasteiger partial charge in [0, 0.05) is 22.7 Å². The number of carbonyl (C=O) groups excluding carboxylic acids is 1. The first-order chi connectivity index (χ1) is 15.9. The Morgan fingerprint density at radius 2 is 1.94 bits per heavy atom. The third-order valence-corrected chi connectivity index (χ3v) is 4.79. The van der Waals surface area contributed by atoms with Crippen LogP contribution in [0.5, 0.6) is 17.2 Å². The second-order valence-electron chi connectivity index (χ2n) is 6.68. The Morgan fingerprint density at radius 3 is 2.67 bits per heavy atom. The van der Waals surface area contributed by atoms with Gasteiger partial charge in [-0.3, -0.25) is 14.9 Å². The summed E-state index contributed by atoms with van der Waals surface area (Å²) in [4.78, 5) is 22.5. The molecule has 0 aliphatic heterocycles. The van der Waals surface area contributed by atoms with Crippen LogP contribution in [0.25, 0.3) is 0 Å². The van der Waals surface area contributed by atoms with Gasteiger partial charge >= 0.3 is 0 Å².